The van der Waals surface area contributed by atoms with Gasteiger partial charge in [0.25, 0.3) is 0 Å². The van der Waals surface area contributed by atoms with Crippen LogP contribution in [0.5, 0.6) is 11.5 Å². The number of hydrogen-bond acceptors (Lipinski definition) is 2. The first kappa shape index (κ1) is 10.3. The first-order valence-electron chi connectivity index (χ1n) is 4.57. The van der Waals surface area contributed by atoms with Crippen LogP contribution in [0.2, 0.25) is 0 Å². The summed E-state index contributed by atoms with van der Waals surface area (Å²) in [5.41, 5.74) is 0. The van der Waals surface area contributed by atoms with Crippen LogP contribution in [0.3, 0.4) is 0 Å². The molecule has 2 rings (SSSR count). The van der Waals surface area contributed by atoms with Crippen LogP contribution >= 0.6 is 15.9 Å². The second-order valence-corrected chi connectivity index (χ2v) is 3.94. The third-order valence-electron chi connectivity index (χ3n) is 2.33. The van der Waals surface area contributed by atoms with Crippen molar-refractivity contribution in [2.75, 3.05) is 14.2 Å². The van der Waals surface area contributed by atoms with E-state index in [0.29, 0.717) is 0 Å². The highest BCUT2D eigenvalue weighted by Gasteiger charge is 2.11. The van der Waals surface area contributed by atoms with Gasteiger partial charge in [-0.2, -0.15) is 0 Å². The summed E-state index contributed by atoms with van der Waals surface area (Å²) in [6.45, 7) is 0. The maximum atomic E-state index is 5.30. The average Bonchev–Trinajstić information content (AvgIpc) is 2.29. The molecule has 0 spiro atoms. The topological polar surface area (TPSA) is 18.5 Å². The maximum absolute atomic E-state index is 5.30. The molecule has 2 nitrogen and oxygen atoms in total. The van der Waals surface area contributed by atoms with E-state index in [2.05, 4.69) is 15.9 Å². The van der Waals surface area contributed by atoms with Crippen LogP contribution in [0.15, 0.2) is 34.8 Å². The van der Waals surface area contributed by atoms with Crippen molar-refractivity contribution >= 4 is 26.7 Å². The molecule has 0 aliphatic heterocycles. The number of methoxy groups -OCH3 is 2. The molecule has 0 fully saturated rings. The molecule has 0 bridgehead atoms. The van der Waals surface area contributed by atoms with E-state index in [1.165, 1.54) is 0 Å². The van der Waals surface area contributed by atoms with E-state index in [0.717, 1.165) is 26.7 Å². The molecular weight excluding hydrogens is 256 g/mol. The predicted molar refractivity (Wildman–Crippen MR) is 64.8 cm³/mol. The van der Waals surface area contributed by atoms with Gasteiger partial charge in [0.15, 0.2) is 11.5 Å². The summed E-state index contributed by atoms with van der Waals surface area (Å²) in [4.78, 5) is 0. The highest BCUT2D eigenvalue weighted by molar-refractivity contribution is 9.10. The van der Waals surface area contributed by atoms with Gasteiger partial charge in [-0.25, -0.2) is 0 Å². The first-order chi connectivity index (χ1) is 7.27. The fourth-order valence-electron chi connectivity index (χ4n) is 1.60. The first-order valence-corrected chi connectivity index (χ1v) is 5.36. The van der Waals surface area contributed by atoms with Crippen LogP contribution < -0.4 is 9.47 Å². The average molecular weight is 267 g/mol. The zero-order valence-corrected chi connectivity index (χ0v) is 10.2. The SMILES string of the molecule is COc1cc2ccccc2c(Br)c1OC. The van der Waals surface area contributed by atoms with Gasteiger partial charge in [-0.15, -0.1) is 0 Å². The Morgan fingerprint density at radius 3 is 2.47 bits per heavy atom. The quantitative estimate of drug-likeness (QED) is 0.827. The number of hydrogen-bond donors (Lipinski definition) is 0. The number of benzene rings is 2. The molecule has 2 aromatic rings. The van der Waals surface area contributed by atoms with Crippen molar-refractivity contribution in [3.63, 3.8) is 0 Å². The van der Waals surface area contributed by atoms with Crippen molar-refractivity contribution in [3.05, 3.63) is 34.8 Å². The molecule has 0 aromatic heterocycles. The van der Waals surface area contributed by atoms with Crippen LogP contribution in [-0.2, 0) is 0 Å². The summed E-state index contributed by atoms with van der Waals surface area (Å²) in [5, 5.41) is 2.25. The Hall–Kier alpha value is -1.22. The Labute approximate surface area is 96.9 Å². The molecule has 0 saturated carbocycles. The van der Waals surface area contributed by atoms with Gasteiger partial charge in [0.2, 0.25) is 0 Å². The number of fused-ring (bicyclic) bond motifs is 1. The molecule has 0 amide bonds. The van der Waals surface area contributed by atoms with Gasteiger partial charge in [0, 0.05) is 0 Å². The predicted octanol–water partition coefficient (Wildman–Crippen LogP) is 3.62. The third-order valence-corrected chi connectivity index (χ3v) is 3.12. The molecule has 78 valence electrons. The number of halogens is 1. The van der Waals surface area contributed by atoms with Crippen molar-refractivity contribution in [2.45, 2.75) is 0 Å². The van der Waals surface area contributed by atoms with Crippen molar-refractivity contribution in [1.82, 2.24) is 0 Å². The summed E-state index contributed by atoms with van der Waals surface area (Å²) in [5.74, 6) is 1.47. The van der Waals surface area contributed by atoms with E-state index >= 15 is 0 Å². The Morgan fingerprint density at radius 2 is 1.80 bits per heavy atom. The number of rotatable bonds is 2. The summed E-state index contributed by atoms with van der Waals surface area (Å²) in [6, 6.07) is 10.1. The van der Waals surface area contributed by atoms with Crippen molar-refractivity contribution in [2.24, 2.45) is 0 Å². The summed E-state index contributed by atoms with van der Waals surface area (Å²) in [7, 11) is 3.27. The smallest absolute Gasteiger partial charge is 0.175 e. The van der Waals surface area contributed by atoms with Gasteiger partial charge in [-0.05, 0) is 32.8 Å². The Morgan fingerprint density at radius 1 is 1.07 bits per heavy atom. The molecule has 0 saturated heterocycles. The lowest BCUT2D eigenvalue weighted by molar-refractivity contribution is 0.354. The van der Waals surface area contributed by atoms with Gasteiger partial charge in [0.05, 0.1) is 18.7 Å². The standard InChI is InChI=1S/C12H11BrO2/c1-14-10-7-8-5-3-4-6-9(8)11(13)12(10)15-2/h3-7H,1-2H3. The van der Waals surface area contributed by atoms with Crippen LogP contribution in [0.25, 0.3) is 10.8 Å². The second kappa shape index (κ2) is 4.11. The van der Waals surface area contributed by atoms with E-state index in [1.54, 1.807) is 14.2 Å². The minimum absolute atomic E-state index is 0.733. The van der Waals surface area contributed by atoms with Crippen LogP contribution in [0, 0.1) is 0 Å². The monoisotopic (exact) mass is 266 g/mol. The molecular formula is C12H11BrO2. The zero-order valence-electron chi connectivity index (χ0n) is 8.58. The van der Waals surface area contributed by atoms with E-state index in [-0.39, 0.29) is 0 Å². The van der Waals surface area contributed by atoms with Crippen LogP contribution in [0.4, 0.5) is 0 Å². The van der Waals surface area contributed by atoms with E-state index < -0.39 is 0 Å². The Bertz CT molecular complexity index is 494. The Kier molecular flexibility index (Phi) is 2.82. The van der Waals surface area contributed by atoms with Gasteiger partial charge >= 0.3 is 0 Å². The lowest BCUT2D eigenvalue weighted by Gasteiger charge is -2.11. The van der Waals surface area contributed by atoms with Crippen LogP contribution in [0.1, 0.15) is 0 Å². The molecule has 0 heterocycles. The highest BCUT2D eigenvalue weighted by Crippen LogP contribution is 2.40. The normalized spacial score (nSPS) is 10.3. The van der Waals surface area contributed by atoms with E-state index in [1.807, 2.05) is 30.3 Å². The van der Waals surface area contributed by atoms with E-state index in [9.17, 15) is 0 Å². The molecule has 3 heteroatoms. The van der Waals surface area contributed by atoms with Gasteiger partial charge in [-0.1, -0.05) is 24.3 Å². The number of ether oxygens (including phenoxy) is 2. The van der Waals surface area contributed by atoms with Crippen LogP contribution in [-0.4, -0.2) is 14.2 Å². The third kappa shape index (κ3) is 1.67. The molecule has 0 radical (unpaired) electrons. The Balaban J connectivity index is 2.81. The van der Waals surface area contributed by atoms with Crippen molar-refractivity contribution in [1.29, 1.82) is 0 Å². The molecule has 0 unspecified atom stereocenters. The van der Waals surface area contributed by atoms with Crippen molar-refractivity contribution < 1.29 is 9.47 Å². The minimum Gasteiger partial charge on any atom is -0.493 e. The maximum Gasteiger partial charge on any atom is 0.175 e. The van der Waals surface area contributed by atoms with Crippen molar-refractivity contribution in [3.8, 4) is 11.5 Å². The highest BCUT2D eigenvalue weighted by atomic mass is 79.9. The zero-order chi connectivity index (χ0) is 10.8. The molecule has 0 aliphatic carbocycles. The lowest BCUT2D eigenvalue weighted by atomic mass is 10.1. The fraction of sp³-hybridized carbons (Fsp3) is 0.167. The largest absolute Gasteiger partial charge is 0.493 e. The minimum atomic E-state index is 0.733. The molecule has 0 N–H and O–H groups in total. The van der Waals surface area contributed by atoms with Gasteiger partial charge < -0.3 is 9.47 Å². The molecule has 0 aliphatic rings. The summed E-state index contributed by atoms with van der Waals surface area (Å²) >= 11 is 3.53. The second-order valence-electron chi connectivity index (χ2n) is 3.15. The molecule has 0 atom stereocenters. The van der Waals surface area contributed by atoms with Gasteiger partial charge in [0.1, 0.15) is 0 Å². The molecule has 2 aromatic carbocycles. The summed E-state index contributed by atoms with van der Waals surface area (Å²) < 4.78 is 11.5. The lowest BCUT2D eigenvalue weighted by Crippen LogP contribution is -1.92. The van der Waals surface area contributed by atoms with Gasteiger partial charge in [-0.3, -0.25) is 0 Å². The fourth-order valence-corrected chi connectivity index (χ4v) is 2.32. The molecule has 15 heavy (non-hydrogen) atoms. The van der Waals surface area contributed by atoms with E-state index in [4.69, 9.17) is 9.47 Å². The summed E-state index contributed by atoms with van der Waals surface area (Å²) in [6.07, 6.45) is 0.